The number of carbonyl (C=O) groups is 2. The van der Waals surface area contributed by atoms with Gasteiger partial charge in [-0.05, 0) is 51.0 Å². The van der Waals surface area contributed by atoms with E-state index in [1.165, 1.54) is 0 Å². The molecule has 3 rings (SSSR count). The number of likely N-dealkylation sites (tertiary alicyclic amines) is 1. The average molecular weight is 441 g/mol. The molecule has 7 heteroatoms. The second kappa shape index (κ2) is 10.9. The number of nitrogens with one attached hydrogen (secondary N) is 1. The predicted octanol–water partition coefficient (Wildman–Crippen LogP) is 3.45. The number of hydrogen-bond donors (Lipinski definition) is 1. The molecule has 1 heterocycles. The van der Waals surface area contributed by atoms with Crippen LogP contribution in [0.4, 0.5) is 0 Å². The van der Waals surface area contributed by atoms with Crippen LogP contribution in [0.1, 0.15) is 42.6 Å². The van der Waals surface area contributed by atoms with Gasteiger partial charge in [-0.3, -0.25) is 9.59 Å². The van der Waals surface area contributed by atoms with Crippen molar-refractivity contribution in [3.63, 3.8) is 0 Å². The molecule has 0 aromatic heterocycles. The predicted molar refractivity (Wildman–Crippen MR) is 123 cm³/mol. The van der Waals surface area contributed by atoms with Crippen LogP contribution < -0.4 is 19.5 Å². The van der Waals surface area contributed by atoms with Gasteiger partial charge in [0.05, 0.1) is 26.7 Å². The highest BCUT2D eigenvalue weighted by Crippen LogP contribution is 2.29. The number of nitrogens with zero attached hydrogens (tertiary/aromatic N) is 1. The van der Waals surface area contributed by atoms with Gasteiger partial charge in [0.2, 0.25) is 5.91 Å². The molecule has 2 amide bonds. The third-order valence-corrected chi connectivity index (χ3v) is 5.51. The molecule has 2 aromatic carbocycles. The molecule has 1 N–H and O–H groups in total. The molecule has 32 heavy (non-hydrogen) atoms. The molecule has 0 spiro atoms. The van der Waals surface area contributed by atoms with Gasteiger partial charge < -0.3 is 24.4 Å². The highest BCUT2D eigenvalue weighted by molar-refractivity contribution is 5.95. The first kappa shape index (κ1) is 23.4. The minimum atomic E-state index is -0.154. The zero-order chi connectivity index (χ0) is 23.1. The topological polar surface area (TPSA) is 77.1 Å². The first-order chi connectivity index (χ1) is 15.4. The third kappa shape index (κ3) is 5.93. The van der Waals surface area contributed by atoms with Gasteiger partial charge in [-0.1, -0.05) is 18.2 Å². The number of piperidine rings is 1. The Kier molecular flexibility index (Phi) is 7.98. The summed E-state index contributed by atoms with van der Waals surface area (Å²) in [6, 6.07) is 12.8. The Balaban J connectivity index is 1.53. The van der Waals surface area contributed by atoms with Gasteiger partial charge in [-0.2, -0.15) is 0 Å². The van der Waals surface area contributed by atoms with Crippen molar-refractivity contribution in [3.05, 3.63) is 53.6 Å². The summed E-state index contributed by atoms with van der Waals surface area (Å²) in [4.78, 5) is 27.3. The summed E-state index contributed by atoms with van der Waals surface area (Å²) >= 11 is 0. The summed E-state index contributed by atoms with van der Waals surface area (Å²) in [7, 11) is 3.17. The average Bonchev–Trinajstić information content (AvgIpc) is 2.79. The fourth-order valence-electron chi connectivity index (χ4n) is 3.83. The third-order valence-electron chi connectivity index (χ3n) is 5.51. The van der Waals surface area contributed by atoms with Crippen LogP contribution in [-0.4, -0.2) is 56.2 Å². The van der Waals surface area contributed by atoms with Crippen LogP contribution in [0.3, 0.4) is 0 Å². The van der Waals surface area contributed by atoms with Crippen LogP contribution in [0.15, 0.2) is 42.5 Å². The molecular formula is C25H32N2O5. The number of methoxy groups -OCH3 is 2. The second-order valence-corrected chi connectivity index (χ2v) is 8.15. The SMILES string of the molecule is COc1ccccc1CC(=O)N1CCC(NC(=O)c2ccc(OC(C)C)c(OC)c2)CC1. The van der Waals surface area contributed by atoms with Crippen molar-refractivity contribution in [2.24, 2.45) is 0 Å². The summed E-state index contributed by atoms with van der Waals surface area (Å²) in [6.07, 6.45) is 1.76. The van der Waals surface area contributed by atoms with E-state index >= 15 is 0 Å². The first-order valence-corrected chi connectivity index (χ1v) is 11.0. The molecule has 172 valence electrons. The van der Waals surface area contributed by atoms with E-state index < -0.39 is 0 Å². The van der Waals surface area contributed by atoms with Crippen LogP contribution in [0.25, 0.3) is 0 Å². The van der Waals surface area contributed by atoms with Crippen molar-refractivity contribution >= 4 is 11.8 Å². The summed E-state index contributed by atoms with van der Waals surface area (Å²) in [5, 5.41) is 3.08. The van der Waals surface area contributed by atoms with Gasteiger partial charge in [-0.15, -0.1) is 0 Å². The van der Waals surface area contributed by atoms with E-state index in [0.717, 1.165) is 24.2 Å². The van der Waals surface area contributed by atoms with Crippen LogP contribution >= 0.6 is 0 Å². The van der Waals surface area contributed by atoms with E-state index in [1.807, 2.05) is 43.0 Å². The van der Waals surface area contributed by atoms with Crippen molar-refractivity contribution in [1.29, 1.82) is 0 Å². The maximum atomic E-state index is 12.7. The highest BCUT2D eigenvalue weighted by Gasteiger charge is 2.25. The van der Waals surface area contributed by atoms with Crippen LogP contribution in [-0.2, 0) is 11.2 Å². The number of hydrogen-bond acceptors (Lipinski definition) is 5. The van der Waals surface area contributed by atoms with Crippen LogP contribution in [0.2, 0.25) is 0 Å². The van der Waals surface area contributed by atoms with Gasteiger partial charge >= 0.3 is 0 Å². The monoisotopic (exact) mass is 440 g/mol. The van der Waals surface area contributed by atoms with Crippen molar-refractivity contribution in [2.45, 2.75) is 45.3 Å². The molecule has 7 nitrogen and oxygen atoms in total. The maximum Gasteiger partial charge on any atom is 0.251 e. The Bertz CT molecular complexity index is 936. The number of benzene rings is 2. The Morgan fingerprint density at radius 1 is 1.00 bits per heavy atom. The fourth-order valence-corrected chi connectivity index (χ4v) is 3.83. The normalized spacial score (nSPS) is 14.2. The maximum absolute atomic E-state index is 12.7. The largest absolute Gasteiger partial charge is 0.496 e. The molecule has 0 bridgehead atoms. The van der Waals surface area contributed by atoms with Gasteiger partial charge in [0, 0.05) is 30.3 Å². The van der Waals surface area contributed by atoms with Crippen molar-refractivity contribution in [3.8, 4) is 17.2 Å². The Hall–Kier alpha value is -3.22. The van der Waals surface area contributed by atoms with E-state index in [0.29, 0.717) is 36.6 Å². The molecule has 0 aliphatic carbocycles. The first-order valence-electron chi connectivity index (χ1n) is 11.0. The summed E-state index contributed by atoms with van der Waals surface area (Å²) in [5.41, 5.74) is 1.40. The number of rotatable bonds is 8. The Labute approximate surface area is 189 Å². The molecular weight excluding hydrogens is 408 g/mol. The molecule has 0 saturated carbocycles. The lowest BCUT2D eigenvalue weighted by Crippen LogP contribution is -2.47. The quantitative estimate of drug-likeness (QED) is 0.680. The smallest absolute Gasteiger partial charge is 0.251 e. The molecule has 1 aliphatic heterocycles. The lowest BCUT2D eigenvalue weighted by atomic mass is 10.0. The minimum Gasteiger partial charge on any atom is -0.496 e. The molecule has 0 radical (unpaired) electrons. The van der Waals surface area contributed by atoms with E-state index in [-0.39, 0.29) is 24.0 Å². The van der Waals surface area contributed by atoms with E-state index in [9.17, 15) is 9.59 Å². The molecule has 1 fully saturated rings. The lowest BCUT2D eigenvalue weighted by Gasteiger charge is -2.32. The highest BCUT2D eigenvalue weighted by atomic mass is 16.5. The number of carbonyl (C=O) groups excluding carboxylic acids is 2. The summed E-state index contributed by atoms with van der Waals surface area (Å²) in [6.45, 7) is 5.11. The lowest BCUT2D eigenvalue weighted by molar-refractivity contribution is -0.131. The van der Waals surface area contributed by atoms with E-state index in [4.69, 9.17) is 14.2 Å². The van der Waals surface area contributed by atoms with Crippen molar-refractivity contribution in [1.82, 2.24) is 10.2 Å². The van der Waals surface area contributed by atoms with Crippen molar-refractivity contribution in [2.75, 3.05) is 27.3 Å². The molecule has 2 aromatic rings. The van der Waals surface area contributed by atoms with Crippen LogP contribution in [0.5, 0.6) is 17.2 Å². The number of ether oxygens (including phenoxy) is 3. The number of para-hydroxylation sites is 1. The Morgan fingerprint density at radius 3 is 2.34 bits per heavy atom. The zero-order valence-electron chi connectivity index (χ0n) is 19.2. The molecule has 0 unspecified atom stereocenters. The van der Waals surface area contributed by atoms with E-state index in [1.54, 1.807) is 32.4 Å². The van der Waals surface area contributed by atoms with Gasteiger partial charge in [-0.25, -0.2) is 0 Å². The van der Waals surface area contributed by atoms with E-state index in [2.05, 4.69) is 5.32 Å². The zero-order valence-corrected chi connectivity index (χ0v) is 19.2. The van der Waals surface area contributed by atoms with Crippen LogP contribution in [0, 0.1) is 0 Å². The fraction of sp³-hybridized carbons (Fsp3) is 0.440. The number of amides is 2. The van der Waals surface area contributed by atoms with Gasteiger partial charge in [0.25, 0.3) is 5.91 Å². The standard InChI is InChI=1S/C25H32N2O5/c1-17(2)32-22-10-9-19(15-23(22)31-4)25(29)26-20-11-13-27(14-12-20)24(28)16-18-7-5-6-8-21(18)30-3/h5-10,15,17,20H,11-14,16H2,1-4H3,(H,26,29). The minimum absolute atomic E-state index is 0.0134. The summed E-state index contributed by atoms with van der Waals surface area (Å²) in [5.74, 6) is 1.79. The van der Waals surface area contributed by atoms with Crippen molar-refractivity contribution < 1.29 is 23.8 Å². The molecule has 0 atom stereocenters. The van der Waals surface area contributed by atoms with Gasteiger partial charge in [0.1, 0.15) is 5.75 Å². The summed E-state index contributed by atoms with van der Waals surface area (Å²) < 4.78 is 16.4. The Morgan fingerprint density at radius 2 is 1.69 bits per heavy atom. The molecule has 1 aliphatic rings. The molecule has 1 saturated heterocycles. The second-order valence-electron chi connectivity index (χ2n) is 8.15. The van der Waals surface area contributed by atoms with Gasteiger partial charge in [0.15, 0.2) is 11.5 Å².